The molecule has 0 radical (unpaired) electrons. The standard InChI is InChI=1S/C14H20F2N2O/c1-11-2-4-12(5-3-11)13(14(15,16)10-19)18-8-6-17-7-9-18/h2-5,13,17,19H,6-10H2,1H3/t13-/m1/s1. The molecule has 0 spiro atoms. The van der Waals surface area contributed by atoms with Crippen LogP contribution in [-0.2, 0) is 0 Å². The van der Waals surface area contributed by atoms with Crippen LogP contribution in [0.15, 0.2) is 24.3 Å². The number of halogens is 2. The quantitative estimate of drug-likeness (QED) is 0.872. The van der Waals surface area contributed by atoms with Gasteiger partial charge in [0.1, 0.15) is 12.6 Å². The van der Waals surface area contributed by atoms with Gasteiger partial charge in [-0.15, -0.1) is 0 Å². The van der Waals surface area contributed by atoms with E-state index < -0.39 is 18.6 Å². The van der Waals surface area contributed by atoms with Crippen molar-refractivity contribution in [2.75, 3.05) is 32.8 Å². The second kappa shape index (κ2) is 5.94. The molecule has 0 saturated carbocycles. The first-order valence-electron chi connectivity index (χ1n) is 6.54. The van der Waals surface area contributed by atoms with Crippen molar-refractivity contribution in [3.63, 3.8) is 0 Å². The highest BCUT2D eigenvalue weighted by Crippen LogP contribution is 2.36. The van der Waals surface area contributed by atoms with Crippen LogP contribution in [0.2, 0.25) is 0 Å². The molecule has 3 nitrogen and oxygen atoms in total. The van der Waals surface area contributed by atoms with E-state index >= 15 is 0 Å². The molecule has 0 unspecified atom stereocenters. The number of nitrogens with zero attached hydrogens (tertiary/aromatic N) is 1. The second-order valence-corrected chi connectivity index (χ2v) is 5.02. The van der Waals surface area contributed by atoms with Gasteiger partial charge in [0.25, 0.3) is 5.92 Å². The van der Waals surface area contributed by atoms with Gasteiger partial charge in [0.05, 0.1) is 0 Å². The van der Waals surface area contributed by atoms with Crippen LogP contribution in [0.1, 0.15) is 17.2 Å². The molecule has 5 heteroatoms. The number of aliphatic hydroxyl groups excluding tert-OH is 1. The maximum atomic E-state index is 14.1. The van der Waals surface area contributed by atoms with Gasteiger partial charge in [-0.25, -0.2) is 8.78 Å². The summed E-state index contributed by atoms with van der Waals surface area (Å²) in [4.78, 5) is 1.75. The molecular formula is C14H20F2N2O. The number of hydrogen-bond donors (Lipinski definition) is 2. The SMILES string of the molecule is Cc1ccc([C@@H](N2CCNCC2)C(F)(F)CO)cc1. The van der Waals surface area contributed by atoms with Crippen molar-refractivity contribution in [2.24, 2.45) is 0 Å². The van der Waals surface area contributed by atoms with Crippen LogP contribution in [0.25, 0.3) is 0 Å². The van der Waals surface area contributed by atoms with Crippen LogP contribution < -0.4 is 5.32 Å². The molecule has 1 heterocycles. The van der Waals surface area contributed by atoms with E-state index in [1.807, 2.05) is 19.1 Å². The van der Waals surface area contributed by atoms with E-state index in [4.69, 9.17) is 5.11 Å². The lowest BCUT2D eigenvalue weighted by Crippen LogP contribution is -2.51. The highest BCUT2D eigenvalue weighted by molar-refractivity contribution is 5.26. The molecule has 0 aliphatic carbocycles. The minimum Gasteiger partial charge on any atom is -0.390 e. The summed E-state index contributed by atoms with van der Waals surface area (Å²) in [6, 6.07) is 6.06. The Morgan fingerprint density at radius 2 is 1.84 bits per heavy atom. The zero-order valence-electron chi connectivity index (χ0n) is 11.1. The third kappa shape index (κ3) is 3.29. The van der Waals surface area contributed by atoms with Crippen LogP contribution in [0.4, 0.5) is 8.78 Å². The second-order valence-electron chi connectivity index (χ2n) is 5.02. The molecule has 1 aromatic carbocycles. The van der Waals surface area contributed by atoms with Crippen molar-refractivity contribution in [3.05, 3.63) is 35.4 Å². The maximum absolute atomic E-state index is 14.1. The summed E-state index contributed by atoms with van der Waals surface area (Å²) < 4.78 is 28.2. The van der Waals surface area contributed by atoms with Crippen LogP contribution >= 0.6 is 0 Å². The average Bonchev–Trinajstić information content (AvgIpc) is 2.42. The number of benzene rings is 1. The van der Waals surface area contributed by atoms with Gasteiger partial charge in [-0.3, -0.25) is 4.90 Å². The Kier molecular flexibility index (Phi) is 4.50. The lowest BCUT2D eigenvalue weighted by atomic mass is 9.97. The fraction of sp³-hybridized carbons (Fsp3) is 0.571. The van der Waals surface area contributed by atoms with Crippen molar-refractivity contribution in [1.82, 2.24) is 10.2 Å². The minimum absolute atomic E-state index is 0.562. The van der Waals surface area contributed by atoms with Crippen LogP contribution in [0.5, 0.6) is 0 Å². The molecular weight excluding hydrogens is 250 g/mol. The lowest BCUT2D eigenvalue weighted by Gasteiger charge is -2.38. The minimum atomic E-state index is -3.13. The van der Waals surface area contributed by atoms with Gasteiger partial charge in [0.2, 0.25) is 0 Å². The van der Waals surface area contributed by atoms with E-state index in [9.17, 15) is 8.78 Å². The van der Waals surface area contributed by atoms with E-state index in [-0.39, 0.29) is 0 Å². The predicted octanol–water partition coefficient (Wildman–Crippen LogP) is 1.57. The molecule has 2 rings (SSSR count). The van der Waals surface area contributed by atoms with Gasteiger partial charge in [0.15, 0.2) is 0 Å². The van der Waals surface area contributed by atoms with Crippen molar-refractivity contribution in [1.29, 1.82) is 0 Å². The summed E-state index contributed by atoms with van der Waals surface area (Å²) in [5.74, 6) is -3.13. The number of alkyl halides is 2. The van der Waals surface area contributed by atoms with Crippen molar-refractivity contribution in [3.8, 4) is 0 Å². The van der Waals surface area contributed by atoms with Gasteiger partial charge in [-0.2, -0.15) is 0 Å². The third-order valence-electron chi connectivity index (χ3n) is 3.52. The molecule has 0 aromatic heterocycles. The molecule has 19 heavy (non-hydrogen) atoms. The molecule has 2 N–H and O–H groups in total. The van der Waals surface area contributed by atoms with Gasteiger partial charge in [-0.1, -0.05) is 29.8 Å². The van der Waals surface area contributed by atoms with E-state index in [0.717, 1.165) is 5.56 Å². The monoisotopic (exact) mass is 270 g/mol. The molecule has 1 saturated heterocycles. The molecule has 0 bridgehead atoms. The first-order chi connectivity index (χ1) is 9.04. The normalized spacial score (nSPS) is 19.4. The Hall–Kier alpha value is -1.04. The number of piperazine rings is 1. The number of aliphatic hydroxyl groups is 1. The van der Waals surface area contributed by atoms with E-state index in [1.54, 1.807) is 17.0 Å². The van der Waals surface area contributed by atoms with Crippen molar-refractivity contribution in [2.45, 2.75) is 18.9 Å². The molecule has 1 atom stereocenters. The molecule has 106 valence electrons. The summed E-state index contributed by atoms with van der Waals surface area (Å²) in [5, 5.41) is 12.2. The Bertz CT molecular complexity index is 402. The zero-order valence-corrected chi connectivity index (χ0v) is 11.1. The van der Waals surface area contributed by atoms with E-state index in [2.05, 4.69) is 5.32 Å². The third-order valence-corrected chi connectivity index (χ3v) is 3.52. The van der Waals surface area contributed by atoms with Crippen LogP contribution in [0, 0.1) is 6.92 Å². The highest BCUT2D eigenvalue weighted by Gasteiger charge is 2.43. The summed E-state index contributed by atoms with van der Waals surface area (Å²) in [7, 11) is 0. The summed E-state index contributed by atoms with van der Waals surface area (Å²) in [5.41, 5.74) is 1.60. The summed E-state index contributed by atoms with van der Waals surface area (Å²) in [6.45, 7) is 3.32. The Morgan fingerprint density at radius 3 is 2.37 bits per heavy atom. The number of aryl methyl sites for hydroxylation is 1. The maximum Gasteiger partial charge on any atom is 0.289 e. The molecule has 1 aliphatic rings. The number of rotatable bonds is 4. The fourth-order valence-electron chi connectivity index (χ4n) is 2.50. The molecule has 0 amide bonds. The largest absolute Gasteiger partial charge is 0.390 e. The Balaban J connectivity index is 2.30. The topological polar surface area (TPSA) is 35.5 Å². The summed E-state index contributed by atoms with van der Waals surface area (Å²) in [6.07, 6.45) is 0. The number of nitrogens with one attached hydrogen (secondary N) is 1. The average molecular weight is 270 g/mol. The van der Waals surface area contributed by atoms with Crippen LogP contribution in [-0.4, -0.2) is 48.7 Å². The smallest absolute Gasteiger partial charge is 0.289 e. The lowest BCUT2D eigenvalue weighted by molar-refractivity contribution is -0.118. The van der Waals surface area contributed by atoms with Gasteiger partial charge in [-0.05, 0) is 12.5 Å². The molecule has 1 aromatic rings. The number of hydrogen-bond acceptors (Lipinski definition) is 3. The molecule has 1 fully saturated rings. The van der Waals surface area contributed by atoms with Gasteiger partial charge < -0.3 is 10.4 Å². The van der Waals surface area contributed by atoms with Gasteiger partial charge >= 0.3 is 0 Å². The zero-order chi connectivity index (χ0) is 13.9. The fourth-order valence-corrected chi connectivity index (χ4v) is 2.50. The first-order valence-corrected chi connectivity index (χ1v) is 6.54. The van der Waals surface area contributed by atoms with E-state index in [0.29, 0.717) is 31.7 Å². The molecule has 1 aliphatic heterocycles. The van der Waals surface area contributed by atoms with Crippen molar-refractivity contribution >= 4 is 0 Å². The summed E-state index contributed by atoms with van der Waals surface area (Å²) >= 11 is 0. The Labute approximate surface area is 112 Å². The Morgan fingerprint density at radius 1 is 1.26 bits per heavy atom. The van der Waals surface area contributed by atoms with Crippen molar-refractivity contribution < 1.29 is 13.9 Å². The predicted molar refractivity (Wildman–Crippen MR) is 70.4 cm³/mol. The van der Waals surface area contributed by atoms with Gasteiger partial charge in [0, 0.05) is 26.2 Å². The van der Waals surface area contributed by atoms with Crippen LogP contribution in [0.3, 0.4) is 0 Å². The first kappa shape index (κ1) is 14.4. The highest BCUT2D eigenvalue weighted by atomic mass is 19.3. The van der Waals surface area contributed by atoms with E-state index in [1.165, 1.54) is 0 Å².